The summed E-state index contributed by atoms with van der Waals surface area (Å²) in [6, 6.07) is 1.77. The van der Waals surface area contributed by atoms with Gasteiger partial charge in [-0.2, -0.15) is 0 Å². The van der Waals surface area contributed by atoms with Crippen molar-refractivity contribution >= 4 is 28.9 Å². The lowest BCUT2D eigenvalue weighted by atomic mass is 10.1. The molecule has 1 aliphatic heterocycles. The molecule has 3 rings (SSSR count). The van der Waals surface area contributed by atoms with E-state index in [-0.39, 0.29) is 11.8 Å². The second-order valence-corrected chi connectivity index (χ2v) is 8.98. The maximum Gasteiger partial charge on any atom is 0.257 e. The van der Waals surface area contributed by atoms with E-state index >= 15 is 0 Å². The van der Waals surface area contributed by atoms with Crippen molar-refractivity contribution in [1.82, 2.24) is 29.7 Å². The fourth-order valence-corrected chi connectivity index (χ4v) is 4.17. The second-order valence-electron chi connectivity index (χ2n) is 8.98. The zero-order chi connectivity index (χ0) is 28.1. The van der Waals surface area contributed by atoms with Gasteiger partial charge in [-0.15, -0.1) is 13.2 Å². The molecular formula is C28H43N7O3. The highest BCUT2D eigenvalue weighted by Gasteiger charge is 2.23. The van der Waals surface area contributed by atoms with E-state index in [0.29, 0.717) is 61.0 Å². The number of hydrogen-bond donors (Lipinski definition) is 2. The highest BCUT2D eigenvalue weighted by molar-refractivity contribution is 6.05. The van der Waals surface area contributed by atoms with Crippen LogP contribution in [0, 0.1) is 0 Å². The van der Waals surface area contributed by atoms with Crippen LogP contribution in [0.4, 0.5) is 5.95 Å². The van der Waals surface area contributed by atoms with Crippen molar-refractivity contribution in [2.24, 2.45) is 0 Å². The topological polar surface area (TPSA) is 105 Å². The fourth-order valence-electron chi connectivity index (χ4n) is 4.17. The van der Waals surface area contributed by atoms with Gasteiger partial charge in [0.15, 0.2) is 5.65 Å². The highest BCUT2D eigenvalue weighted by Crippen LogP contribution is 2.22. The van der Waals surface area contributed by atoms with Gasteiger partial charge in [-0.05, 0) is 46.0 Å². The van der Waals surface area contributed by atoms with Crippen LogP contribution in [0.5, 0.6) is 0 Å². The number of piperazine rings is 1. The molecule has 0 atom stereocenters. The molecule has 2 aromatic rings. The van der Waals surface area contributed by atoms with Crippen LogP contribution in [-0.4, -0.2) is 96.7 Å². The first-order chi connectivity index (χ1) is 18.4. The lowest BCUT2D eigenvalue weighted by Crippen LogP contribution is -2.47. The van der Waals surface area contributed by atoms with E-state index < -0.39 is 0 Å². The number of methoxy groups -OCH3 is 1. The van der Waals surface area contributed by atoms with Crippen molar-refractivity contribution in [3.8, 4) is 0 Å². The normalized spacial score (nSPS) is 14.8. The van der Waals surface area contributed by atoms with Gasteiger partial charge in [0, 0.05) is 64.8 Å². The average molecular weight is 526 g/mol. The SMILES string of the molecule is C/C=C(\C=C(/CC)CNC)C(=O)Nc1nc2cc(C(=O)N3CCN(C)CC3)cnc2n1CCCOC.C=C. The molecule has 0 saturated carbocycles. The Balaban J connectivity index is 0.00000247. The van der Waals surface area contributed by atoms with Crippen LogP contribution in [0.3, 0.4) is 0 Å². The molecule has 0 spiro atoms. The number of likely N-dealkylation sites (N-methyl/N-ethyl adjacent to an activating group) is 2. The smallest absolute Gasteiger partial charge is 0.257 e. The molecule has 1 aliphatic rings. The second kappa shape index (κ2) is 15.8. The number of fused-ring (bicyclic) bond motifs is 1. The molecule has 10 heteroatoms. The molecule has 0 aliphatic carbocycles. The first-order valence-corrected chi connectivity index (χ1v) is 13.1. The monoisotopic (exact) mass is 525 g/mol. The van der Waals surface area contributed by atoms with Gasteiger partial charge >= 0.3 is 0 Å². The first-order valence-electron chi connectivity index (χ1n) is 13.1. The highest BCUT2D eigenvalue weighted by atomic mass is 16.5. The standard InChI is InChI=1S/C26H39N7O3.C2H4/c1-6-19(17-27-3)15-20(7-2)24(34)30-26-29-22-16-21(25(35)32-12-10-31(4)11-13-32)18-28-23(22)33(26)9-8-14-36-5;1-2/h7,15-16,18,27H,6,8-14,17H2,1-5H3,(H,29,30,34);1-2H2/b19-15+,20-7+;. The summed E-state index contributed by atoms with van der Waals surface area (Å²) in [5.74, 6) is 0.119. The first kappa shape index (κ1) is 30.9. The Kier molecular flexibility index (Phi) is 12.8. The number of rotatable bonds is 11. The largest absolute Gasteiger partial charge is 0.385 e. The van der Waals surface area contributed by atoms with Crippen LogP contribution in [0.1, 0.15) is 37.0 Å². The quantitative estimate of drug-likeness (QED) is 0.201. The molecule has 0 radical (unpaired) electrons. The Hall–Kier alpha value is -3.34. The minimum atomic E-state index is -0.239. The zero-order valence-electron chi connectivity index (χ0n) is 23.5. The van der Waals surface area contributed by atoms with Crippen LogP contribution in [0.15, 0.2) is 48.7 Å². The predicted octanol–water partition coefficient (Wildman–Crippen LogP) is 3.10. The van der Waals surface area contributed by atoms with Gasteiger partial charge in [-0.3, -0.25) is 19.5 Å². The number of allylic oxidation sites excluding steroid dienone is 1. The molecule has 38 heavy (non-hydrogen) atoms. The number of aromatic nitrogens is 3. The number of pyridine rings is 1. The summed E-state index contributed by atoms with van der Waals surface area (Å²) >= 11 is 0. The minimum absolute atomic E-state index is 0.0463. The fraction of sp³-hybridized carbons (Fsp3) is 0.500. The molecule has 10 nitrogen and oxygen atoms in total. The predicted molar refractivity (Wildman–Crippen MR) is 153 cm³/mol. The van der Waals surface area contributed by atoms with Crippen LogP contribution < -0.4 is 10.6 Å². The Labute approximate surface area is 226 Å². The van der Waals surface area contributed by atoms with Gasteiger partial charge in [-0.25, -0.2) is 9.97 Å². The Morgan fingerprint density at radius 1 is 1.21 bits per heavy atom. The Bertz CT molecular complexity index is 1130. The zero-order valence-corrected chi connectivity index (χ0v) is 23.5. The number of hydrogen-bond acceptors (Lipinski definition) is 7. The van der Waals surface area contributed by atoms with Crippen molar-refractivity contribution in [1.29, 1.82) is 0 Å². The van der Waals surface area contributed by atoms with Crippen molar-refractivity contribution < 1.29 is 14.3 Å². The van der Waals surface area contributed by atoms with Crippen LogP contribution in [0.2, 0.25) is 0 Å². The molecule has 1 saturated heterocycles. The number of ether oxygens (including phenoxy) is 1. The third-order valence-electron chi connectivity index (χ3n) is 6.37. The van der Waals surface area contributed by atoms with Crippen molar-refractivity contribution in [2.75, 3.05) is 65.9 Å². The molecule has 2 aromatic heterocycles. The van der Waals surface area contributed by atoms with E-state index in [4.69, 9.17) is 4.74 Å². The van der Waals surface area contributed by atoms with Crippen molar-refractivity contribution in [3.05, 3.63) is 54.3 Å². The lowest BCUT2D eigenvalue weighted by Gasteiger charge is -2.32. The van der Waals surface area contributed by atoms with Gasteiger partial charge < -0.3 is 19.9 Å². The Morgan fingerprint density at radius 3 is 2.53 bits per heavy atom. The maximum atomic E-state index is 13.2. The third kappa shape index (κ3) is 8.08. The van der Waals surface area contributed by atoms with E-state index in [9.17, 15) is 9.59 Å². The summed E-state index contributed by atoms with van der Waals surface area (Å²) in [5, 5.41) is 6.10. The summed E-state index contributed by atoms with van der Waals surface area (Å²) < 4.78 is 7.09. The molecule has 2 amide bonds. The number of aryl methyl sites for hydroxylation is 1. The minimum Gasteiger partial charge on any atom is -0.385 e. The molecule has 3 heterocycles. The number of carbonyl (C=O) groups is 2. The van der Waals surface area contributed by atoms with E-state index in [1.54, 1.807) is 25.4 Å². The summed E-state index contributed by atoms with van der Waals surface area (Å²) in [5.41, 5.74) is 3.39. The van der Waals surface area contributed by atoms with E-state index in [0.717, 1.165) is 31.5 Å². The molecule has 1 fully saturated rings. The number of anilines is 1. The van der Waals surface area contributed by atoms with Crippen LogP contribution >= 0.6 is 0 Å². The summed E-state index contributed by atoms with van der Waals surface area (Å²) in [6.45, 7) is 14.8. The van der Waals surface area contributed by atoms with Crippen LogP contribution in [-0.2, 0) is 16.1 Å². The third-order valence-corrected chi connectivity index (χ3v) is 6.37. The summed E-state index contributed by atoms with van der Waals surface area (Å²) in [7, 11) is 5.60. The summed E-state index contributed by atoms with van der Waals surface area (Å²) in [4.78, 5) is 39.5. The molecule has 0 aromatic carbocycles. The molecular weight excluding hydrogens is 482 g/mol. The number of imidazole rings is 1. The van der Waals surface area contributed by atoms with Gasteiger partial charge in [-0.1, -0.05) is 18.6 Å². The average Bonchev–Trinajstić information content (AvgIpc) is 3.28. The molecule has 2 N–H and O–H groups in total. The van der Waals surface area contributed by atoms with E-state index in [1.807, 2.05) is 29.5 Å². The van der Waals surface area contributed by atoms with Gasteiger partial charge in [0.05, 0.1) is 5.56 Å². The van der Waals surface area contributed by atoms with Gasteiger partial charge in [0.1, 0.15) is 5.52 Å². The number of amides is 2. The lowest BCUT2D eigenvalue weighted by molar-refractivity contribution is -0.112. The van der Waals surface area contributed by atoms with Gasteiger partial charge in [0.2, 0.25) is 5.95 Å². The van der Waals surface area contributed by atoms with Crippen molar-refractivity contribution in [2.45, 2.75) is 33.2 Å². The molecule has 0 bridgehead atoms. The number of nitrogens with one attached hydrogen (secondary N) is 2. The van der Waals surface area contributed by atoms with Gasteiger partial charge in [0.25, 0.3) is 11.8 Å². The van der Waals surface area contributed by atoms with Crippen molar-refractivity contribution in [3.63, 3.8) is 0 Å². The molecule has 208 valence electrons. The van der Waals surface area contributed by atoms with E-state index in [2.05, 4.69) is 52.6 Å². The Morgan fingerprint density at radius 2 is 1.92 bits per heavy atom. The molecule has 0 unspecified atom stereocenters. The summed E-state index contributed by atoms with van der Waals surface area (Å²) in [6.07, 6.45) is 6.88. The van der Waals surface area contributed by atoms with E-state index in [1.165, 1.54) is 0 Å². The van der Waals surface area contributed by atoms with Crippen LogP contribution in [0.25, 0.3) is 11.2 Å². The maximum absolute atomic E-state index is 13.2. The number of nitrogens with zero attached hydrogens (tertiary/aromatic N) is 5. The number of carbonyl (C=O) groups excluding carboxylic acids is 2.